The van der Waals surface area contributed by atoms with Crippen molar-refractivity contribution in [3.63, 3.8) is 0 Å². The van der Waals surface area contributed by atoms with Crippen LogP contribution in [0.1, 0.15) is 24.5 Å². The second-order valence-corrected chi connectivity index (χ2v) is 13.4. The van der Waals surface area contributed by atoms with Gasteiger partial charge >= 0.3 is 0 Å². The maximum absolute atomic E-state index is 12.9. The summed E-state index contributed by atoms with van der Waals surface area (Å²) in [5.74, 6) is 0.533. The third-order valence-corrected chi connectivity index (χ3v) is 8.92. The number of rotatable bonds is 12. The Kier molecular flexibility index (Phi) is 9.71. The summed E-state index contributed by atoms with van der Waals surface area (Å²) < 4.78 is 64.1. The molecule has 3 aromatic rings. The lowest BCUT2D eigenvalue weighted by molar-refractivity contribution is 0.167. The number of hydrogen-bond acceptors (Lipinski definition) is 10. The number of benzene rings is 3. The second-order valence-electron chi connectivity index (χ2n) is 10.0. The van der Waals surface area contributed by atoms with E-state index in [1.165, 1.54) is 38.5 Å². The number of ether oxygens (including phenoxy) is 2. The summed E-state index contributed by atoms with van der Waals surface area (Å²) in [6.07, 6.45) is 1.76. The zero-order valence-electron chi connectivity index (χ0n) is 23.6. The molecule has 1 saturated heterocycles. The zero-order chi connectivity index (χ0) is 30.5. The Bertz CT molecular complexity index is 1590. The number of hydrogen-bond donors (Lipinski definition) is 5. The van der Waals surface area contributed by atoms with Crippen molar-refractivity contribution < 1.29 is 36.5 Å². The van der Waals surface area contributed by atoms with E-state index < -0.39 is 26.2 Å². The fourth-order valence-corrected chi connectivity index (χ4v) is 6.36. The number of sulfonamides is 2. The highest BCUT2D eigenvalue weighted by molar-refractivity contribution is 7.92. The van der Waals surface area contributed by atoms with Gasteiger partial charge in [0.2, 0.25) is 10.0 Å². The molecule has 0 aliphatic carbocycles. The molecule has 1 atom stereocenters. The van der Waals surface area contributed by atoms with E-state index in [0.29, 0.717) is 22.7 Å². The normalized spacial score (nSPS) is 15.2. The minimum atomic E-state index is -3.83. The minimum Gasteiger partial charge on any atom is -0.506 e. The molecule has 0 amide bonds. The van der Waals surface area contributed by atoms with Crippen LogP contribution in [-0.2, 0) is 20.0 Å². The zero-order valence-corrected chi connectivity index (χ0v) is 25.2. The Morgan fingerprint density at radius 3 is 2.19 bits per heavy atom. The molecule has 3 aromatic carbocycles. The van der Waals surface area contributed by atoms with Crippen molar-refractivity contribution in [2.45, 2.75) is 29.9 Å². The molecule has 14 heteroatoms. The summed E-state index contributed by atoms with van der Waals surface area (Å²) in [5.41, 5.74) is 1.90. The molecule has 0 saturated carbocycles. The van der Waals surface area contributed by atoms with E-state index in [-0.39, 0.29) is 28.9 Å². The van der Waals surface area contributed by atoms with Gasteiger partial charge < -0.3 is 29.9 Å². The number of phenols is 1. The van der Waals surface area contributed by atoms with Gasteiger partial charge in [0, 0.05) is 43.1 Å². The molecule has 4 rings (SSSR count). The quantitative estimate of drug-likeness (QED) is 0.190. The van der Waals surface area contributed by atoms with Gasteiger partial charge in [-0.1, -0.05) is 6.07 Å². The van der Waals surface area contributed by atoms with Gasteiger partial charge in [0.1, 0.15) is 5.75 Å². The third kappa shape index (κ3) is 7.97. The molecule has 1 aliphatic heterocycles. The van der Waals surface area contributed by atoms with Crippen LogP contribution in [-0.4, -0.2) is 73.2 Å². The molecule has 12 nitrogen and oxygen atoms in total. The summed E-state index contributed by atoms with van der Waals surface area (Å²) in [7, 11) is -4.49. The van der Waals surface area contributed by atoms with E-state index in [9.17, 15) is 27.0 Å². The van der Waals surface area contributed by atoms with Crippen LogP contribution in [0.5, 0.6) is 17.2 Å². The maximum atomic E-state index is 12.9. The first-order valence-electron chi connectivity index (χ1n) is 13.2. The van der Waals surface area contributed by atoms with Gasteiger partial charge in [0.05, 0.1) is 37.2 Å². The van der Waals surface area contributed by atoms with Crippen molar-refractivity contribution in [1.29, 1.82) is 0 Å². The number of phenolic OH excluding ortho intramolecular Hbond substituents is 1. The average molecular weight is 621 g/mol. The molecule has 0 radical (unpaired) electrons. The van der Waals surface area contributed by atoms with E-state index in [2.05, 4.69) is 19.7 Å². The van der Waals surface area contributed by atoms with Crippen LogP contribution in [0.25, 0.3) is 0 Å². The van der Waals surface area contributed by atoms with E-state index in [0.717, 1.165) is 37.9 Å². The number of nitrogens with zero attached hydrogens (tertiary/aromatic N) is 1. The molecule has 0 bridgehead atoms. The second kappa shape index (κ2) is 13.1. The first-order chi connectivity index (χ1) is 19.9. The lowest BCUT2D eigenvalue weighted by atomic mass is 10.0. The highest BCUT2D eigenvalue weighted by Gasteiger charge is 2.22. The fourth-order valence-electron chi connectivity index (χ4n) is 4.72. The molecule has 0 spiro atoms. The Morgan fingerprint density at radius 2 is 1.57 bits per heavy atom. The summed E-state index contributed by atoms with van der Waals surface area (Å²) in [6.45, 7) is 1.81. The van der Waals surface area contributed by atoms with Crippen LogP contribution < -0.4 is 29.1 Å². The van der Waals surface area contributed by atoms with Crippen LogP contribution in [0.2, 0.25) is 0 Å². The van der Waals surface area contributed by atoms with Crippen LogP contribution in [0.15, 0.2) is 65.6 Å². The molecule has 1 heterocycles. The number of aliphatic hydroxyl groups excluding tert-OH is 1. The maximum Gasteiger partial charge on any atom is 0.262 e. The monoisotopic (exact) mass is 620 g/mol. The predicted molar refractivity (Wildman–Crippen MR) is 162 cm³/mol. The lowest BCUT2D eigenvalue weighted by Crippen LogP contribution is -2.43. The first kappa shape index (κ1) is 31.2. The van der Waals surface area contributed by atoms with Gasteiger partial charge in [-0.15, -0.1) is 0 Å². The highest BCUT2D eigenvalue weighted by atomic mass is 32.2. The van der Waals surface area contributed by atoms with E-state index >= 15 is 0 Å². The Balaban J connectivity index is 1.29. The lowest BCUT2D eigenvalue weighted by Gasteiger charge is -2.34. The van der Waals surface area contributed by atoms with Crippen LogP contribution in [0, 0.1) is 0 Å². The summed E-state index contributed by atoms with van der Waals surface area (Å²) in [6, 6.07) is 16.1. The Labute approximate surface area is 246 Å². The van der Waals surface area contributed by atoms with Gasteiger partial charge in [-0.2, -0.15) is 0 Å². The number of nitrogens with one attached hydrogen (secondary N) is 3. The van der Waals surface area contributed by atoms with Crippen molar-refractivity contribution in [3.05, 3.63) is 66.2 Å². The van der Waals surface area contributed by atoms with E-state index in [1.54, 1.807) is 24.3 Å². The Hall–Kier alpha value is -3.72. The van der Waals surface area contributed by atoms with Crippen LogP contribution in [0.4, 0.5) is 17.1 Å². The molecule has 1 unspecified atom stereocenters. The van der Waals surface area contributed by atoms with Crippen LogP contribution >= 0.6 is 0 Å². The molecule has 0 aromatic heterocycles. The number of piperidine rings is 1. The standard InChI is InChI=1S/C28H36N4O8S2/c1-39-27-11-9-23(17-28(27)40-2)42(37,38)30-21-5-7-22(8-6-21)32-14-12-20(13-15-32)29-18-26(34)19-4-10-25(33)24(16-19)31-41(3,35)36/h4-11,16-17,20,26,29-31,33-34H,12-15,18H2,1-3H3. The van der Waals surface area contributed by atoms with Crippen molar-refractivity contribution in [2.75, 3.05) is 54.5 Å². The van der Waals surface area contributed by atoms with E-state index in [1.807, 2.05) is 12.1 Å². The Morgan fingerprint density at radius 1 is 0.905 bits per heavy atom. The molecular weight excluding hydrogens is 584 g/mol. The van der Waals surface area contributed by atoms with Crippen molar-refractivity contribution >= 4 is 37.1 Å². The third-order valence-electron chi connectivity index (χ3n) is 6.95. The summed E-state index contributed by atoms with van der Waals surface area (Å²) >= 11 is 0. The molecule has 228 valence electrons. The molecule has 5 N–H and O–H groups in total. The number of methoxy groups -OCH3 is 2. The van der Waals surface area contributed by atoms with Gasteiger partial charge in [0.15, 0.2) is 11.5 Å². The smallest absolute Gasteiger partial charge is 0.262 e. The van der Waals surface area contributed by atoms with Gasteiger partial charge in [0.25, 0.3) is 10.0 Å². The molecule has 42 heavy (non-hydrogen) atoms. The fraction of sp³-hybridized carbons (Fsp3) is 0.357. The van der Waals surface area contributed by atoms with Crippen molar-refractivity contribution in [3.8, 4) is 17.2 Å². The largest absolute Gasteiger partial charge is 0.506 e. The summed E-state index contributed by atoms with van der Waals surface area (Å²) in [5, 5.41) is 23.9. The number of aromatic hydroxyl groups is 1. The van der Waals surface area contributed by atoms with Crippen molar-refractivity contribution in [1.82, 2.24) is 5.32 Å². The molecule has 1 aliphatic rings. The topological polar surface area (TPSA) is 167 Å². The van der Waals surface area contributed by atoms with Gasteiger partial charge in [-0.05, 0) is 66.9 Å². The predicted octanol–water partition coefficient (Wildman–Crippen LogP) is 2.87. The molecule has 1 fully saturated rings. The first-order valence-corrected chi connectivity index (χ1v) is 16.6. The molecular formula is C28H36N4O8S2. The van der Waals surface area contributed by atoms with Gasteiger partial charge in [-0.25, -0.2) is 16.8 Å². The highest BCUT2D eigenvalue weighted by Crippen LogP contribution is 2.31. The van der Waals surface area contributed by atoms with Crippen molar-refractivity contribution in [2.24, 2.45) is 0 Å². The van der Waals surface area contributed by atoms with E-state index in [4.69, 9.17) is 9.47 Å². The number of anilines is 3. The average Bonchev–Trinajstić information content (AvgIpc) is 2.96. The number of aliphatic hydroxyl groups is 1. The minimum absolute atomic E-state index is 0.0159. The van der Waals surface area contributed by atoms with Crippen LogP contribution in [0.3, 0.4) is 0 Å². The summed E-state index contributed by atoms with van der Waals surface area (Å²) in [4.78, 5) is 2.27. The SMILES string of the molecule is COc1ccc(S(=O)(=O)Nc2ccc(N3CCC(NCC(O)c4ccc(O)c(NS(C)(=O)=O)c4)CC3)cc2)cc1OC. The van der Waals surface area contributed by atoms with Gasteiger partial charge in [-0.3, -0.25) is 9.44 Å².